The Morgan fingerprint density at radius 1 is 1.00 bits per heavy atom. The molecule has 6 nitrogen and oxygen atoms in total. The van der Waals surface area contributed by atoms with E-state index >= 15 is 0 Å². The molecule has 2 aromatic carbocycles. The number of benzene rings is 2. The van der Waals surface area contributed by atoms with Crippen molar-refractivity contribution in [2.75, 3.05) is 27.9 Å². The first kappa shape index (κ1) is 22.5. The Labute approximate surface area is 171 Å². The van der Waals surface area contributed by atoms with Crippen LogP contribution in [0, 0.1) is 11.7 Å². The summed E-state index contributed by atoms with van der Waals surface area (Å²) in [6.45, 7) is 4.56. The van der Waals surface area contributed by atoms with E-state index in [1.54, 1.807) is 45.6 Å². The van der Waals surface area contributed by atoms with Crippen molar-refractivity contribution in [3.63, 3.8) is 0 Å². The van der Waals surface area contributed by atoms with Crippen LogP contribution in [-0.4, -0.2) is 33.8 Å². The van der Waals surface area contributed by atoms with Gasteiger partial charge >= 0.3 is 0 Å². The second kappa shape index (κ2) is 10.7. The number of carbonyl (C=O) groups excluding carboxylic acids is 1. The third kappa shape index (κ3) is 6.09. The average molecular weight is 404 g/mol. The third-order valence-electron chi connectivity index (χ3n) is 4.59. The number of rotatable bonds is 10. The number of hydrogen-bond donors (Lipinski definition) is 2. The molecule has 0 aliphatic rings. The SMILES string of the molecule is COc1cc(CNC(=O)CN[C@@H](c2ccc(F)cc2)C(C)C)cc(OC)c1OC. The average Bonchev–Trinajstić information content (AvgIpc) is 2.72. The molecule has 0 saturated carbocycles. The standard InChI is InChI=1S/C22H29FN2O4/c1-14(2)21(16-6-8-17(23)9-7-16)25-13-20(26)24-12-15-10-18(27-3)22(29-5)19(11-15)28-4/h6-11,14,21,25H,12-13H2,1-5H3,(H,24,26)/t21-/m1/s1. The van der Waals surface area contributed by atoms with Gasteiger partial charge in [-0.3, -0.25) is 4.79 Å². The highest BCUT2D eigenvalue weighted by Gasteiger charge is 2.17. The molecule has 29 heavy (non-hydrogen) atoms. The largest absolute Gasteiger partial charge is 0.493 e. The van der Waals surface area contributed by atoms with E-state index in [0.717, 1.165) is 11.1 Å². The molecule has 2 N–H and O–H groups in total. The zero-order valence-electron chi connectivity index (χ0n) is 17.5. The first-order chi connectivity index (χ1) is 13.9. The number of halogens is 1. The van der Waals surface area contributed by atoms with Gasteiger partial charge in [0.05, 0.1) is 27.9 Å². The number of carbonyl (C=O) groups is 1. The fourth-order valence-corrected chi connectivity index (χ4v) is 3.11. The van der Waals surface area contributed by atoms with Gasteiger partial charge in [0.25, 0.3) is 0 Å². The van der Waals surface area contributed by atoms with Crippen molar-refractivity contribution in [3.05, 3.63) is 53.3 Å². The molecule has 1 amide bonds. The van der Waals surface area contributed by atoms with Crippen LogP contribution in [-0.2, 0) is 11.3 Å². The highest BCUT2D eigenvalue weighted by Crippen LogP contribution is 2.38. The van der Waals surface area contributed by atoms with Crippen LogP contribution < -0.4 is 24.8 Å². The Morgan fingerprint density at radius 3 is 2.07 bits per heavy atom. The zero-order valence-corrected chi connectivity index (χ0v) is 17.5. The lowest BCUT2D eigenvalue weighted by atomic mass is 9.96. The van der Waals surface area contributed by atoms with Gasteiger partial charge in [0.1, 0.15) is 5.82 Å². The van der Waals surface area contributed by atoms with E-state index in [2.05, 4.69) is 24.5 Å². The number of hydrogen-bond acceptors (Lipinski definition) is 5. The molecule has 2 aromatic rings. The molecule has 1 atom stereocenters. The van der Waals surface area contributed by atoms with Gasteiger partial charge in [-0.05, 0) is 41.3 Å². The van der Waals surface area contributed by atoms with Gasteiger partial charge in [-0.15, -0.1) is 0 Å². The van der Waals surface area contributed by atoms with E-state index < -0.39 is 0 Å². The smallest absolute Gasteiger partial charge is 0.234 e. The Morgan fingerprint density at radius 2 is 1.59 bits per heavy atom. The predicted molar refractivity (Wildman–Crippen MR) is 110 cm³/mol. The van der Waals surface area contributed by atoms with E-state index in [4.69, 9.17) is 14.2 Å². The maximum Gasteiger partial charge on any atom is 0.234 e. The lowest BCUT2D eigenvalue weighted by Gasteiger charge is -2.23. The van der Waals surface area contributed by atoms with Crippen molar-refractivity contribution < 1.29 is 23.4 Å². The Kier molecular flexibility index (Phi) is 8.27. The number of amides is 1. The molecule has 0 bridgehead atoms. The Bertz CT molecular complexity index is 784. The Hall–Kier alpha value is -2.80. The van der Waals surface area contributed by atoms with Crippen LogP contribution in [0.2, 0.25) is 0 Å². The molecule has 7 heteroatoms. The van der Waals surface area contributed by atoms with E-state index in [0.29, 0.717) is 23.8 Å². The molecule has 158 valence electrons. The van der Waals surface area contributed by atoms with Crippen molar-refractivity contribution in [1.82, 2.24) is 10.6 Å². The predicted octanol–water partition coefficient (Wildman–Crippen LogP) is 3.45. The molecule has 0 radical (unpaired) electrons. The fraction of sp³-hybridized carbons (Fsp3) is 0.409. The summed E-state index contributed by atoms with van der Waals surface area (Å²) in [5.41, 5.74) is 1.77. The molecule has 0 heterocycles. The van der Waals surface area contributed by atoms with E-state index in [-0.39, 0.29) is 30.2 Å². The minimum Gasteiger partial charge on any atom is -0.493 e. The number of methoxy groups -OCH3 is 3. The topological polar surface area (TPSA) is 68.8 Å². The zero-order chi connectivity index (χ0) is 21.4. The van der Waals surface area contributed by atoms with Crippen LogP contribution in [0.25, 0.3) is 0 Å². The van der Waals surface area contributed by atoms with Crippen LogP contribution >= 0.6 is 0 Å². The molecule has 0 aliphatic carbocycles. The number of nitrogens with one attached hydrogen (secondary N) is 2. The van der Waals surface area contributed by atoms with Crippen molar-refractivity contribution in [2.24, 2.45) is 5.92 Å². The number of ether oxygens (including phenoxy) is 3. The summed E-state index contributed by atoms with van der Waals surface area (Å²) in [6, 6.07) is 9.87. The molecule has 0 saturated heterocycles. The normalized spacial score (nSPS) is 11.8. The molecular formula is C22H29FN2O4. The van der Waals surface area contributed by atoms with Crippen molar-refractivity contribution >= 4 is 5.91 Å². The molecule has 0 spiro atoms. The van der Waals surface area contributed by atoms with Gasteiger partial charge in [0, 0.05) is 12.6 Å². The lowest BCUT2D eigenvalue weighted by molar-refractivity contribution is -0.120. The molecule has 0 unspecified atom stereocenters. The maximum atomic E-state index is 13.2. The second-order valence-electron chi connectivity index (χ2n) is 6.96. The summed E-state index contributed by atoms with van der Waals surface area (Å²) >= 11 is 0. The van der Waals surface area contributed by atoms with Crippen molar-refractivity contribution in [1.29, 1.82) is 0 Å². The fourth-order valence-electron chi connectivity index (χ4n) is 3.11. The summed E-state index contributed by atoms with van der Waals surface area (Å²) in [5.74, 6) is 1.39. The lowest BCUT2D eigenvalue weighted by Crippen LogP contribution is -2.37. The minimum absolute atomic E-state index is 0.0532. The van der Waals surface area contributed by atoms with Gasteiger partial charge in [-0.25, -0.2) is 4.39 Å². The molecule has 2 rings (SSSR count). The van der Waals surface area contributed by atoms with Crippen LogP contribution in [0.1, 0.15) is 31.0 Å². The van der Waals surface area contributed by atoms with Gasteiger partial charge in [-0.2, -0.15) is 0 Å². The van der Waals surface area contributed by atoms with Gasteiger partial charge < -0.3 is 24.8 Å². The Balaban J connectivity index is 1.97. The van der Waals surface area contributed by atoms with E-state index in [9.17, 15) is 9.18 Å². The van der Waals surface area contributed by atoms with Crippen LogP contribution in [0.3, 0.4) is 0 Å². The van der Waals surface area contributed by atoms with Crippen molar-refractivity contribution in [2.45, 2.75) is 26.4 Å². The molecule has 0 aromatic heterocycles. The van der Waals surface area contributed by atoms with Gasteiger partial charge in [0.2, 0.25) is 11.7 Å². The van der Waals surface area contributed by atoms with E-state index in [1.807, 2.05) is 0 Å². The molecule has 0 aliphatic heterocycles. The summed E-state index contributed by atoms with van der Waals surface area (Å²) in [5, 5.41) is 6.13. The molecule has 0 fully saturated rings. The summed E-state index contributed by atoms with van der Waals surface area (Å²) in [6.07, 6.45) is 0. The first-order valence-electron chi connectivity index (χ1n) is 9.44. The monoisotopic (exact) mass is 404 g/mol. The summed E-state index contributed by atoms with van der Waals surface area (Å²) < 4.78 is 29.1. The van der Waals surface area contributed by atoms with E-state index in [1.165, 1.54) is 12.1 Å². The van der Waals surface area contributed by atoms with Crippen molar-refractivity contribution in [3.8, 4) is 17.2 Å². The highest BCUT2D eigenvalue weighted by molar-refractivity contribution is 5.78. The van der Waals surface area contributed by atoms with Crippen LogP contribution in [0.5, 0.6) is 17.2 Å². The molecular weight excluding hydrogens is 375 g/mol. The minimum atomic E-state index is -0.278. The summed E-state index contributed by atoms with van der Waals surface area (Å²) in [7, 11) is 4.63. The van der Waals surface area contributed by atoms with Crippen LogP contribution in [0.4, 0.5) is 4.39 Å². The third-order valence-corrected chi connectivity index (χ3v) is 4.59. The van der Waals surface area contributed by atoms with Gasteiger partial charge in [0.15, 0.2) is 11.5 Å². The first-order valence-corrected chi connectivity index (χ1v) is 9.44. The highest BCUT2D eigenvalue weighted by atomic mass is 19.1. The van der Waals surface area contributed by atoms with Crippen LogP contribution in [0.15, 0.2) is 36.4 Å². The van der Waals surface area contributed by atoms with Gasteiger partial charge in [-0.1, -0.05) is 26.0 Å². The summed E-state index contributed by atoms with van der Waals surface area (Å²) in [4.78, 5) is 12.3. The maximum absolute atomic E-state index is 13.2. The second-order valence-corrected chi connectivity index (χ2v) is 6.96. The quantitative estimate of drug-likeness (QED) is 0.635.